The summed E-state index contributed by atoms with van der Waals surface area (Å²) in [5.41, 5.74) is 0.408. The van der Waals surface area contributed by atoms with E-state index in [0.29, 0.717) is 25.3 Å². The number of carbonyl (C=O) groups excluding carboxylic acids is 1. The van der Waals surface area contributed by atoms with Gasteiger partial charge in [-0.25, -0.2) is 4.39 Å². The molecule has 2 atom stereocenters. The number of rotatable bonds is 9. The molecule has 28 heavy (non-hydrogen) atoms. The Morgan fingerprint density at radius 1 is 1.00 bits per heavy atom. The van der Waals surface area contributed by atoms with E-state index in [9.17, 15) is 14.3 Å². The number of piperazine rings is 1. The first-order valence-corrected chi connectivity index (χ1v) is 9.69. The lowest BCUT2D eigenvalue weighted by molar-refractivity contribution is 0.000557. The topological polar surface area (TPSA) is 53.0 Å². The Labute approximate surface area is 165 Å². The van der Waals surface area contributed by atoms with Crippen LogP contribution in [-0.4, -0.2) is 72.4 Å². The molecule has 150 valence electrons. The number of hydrogen-bond donors (Lipinski definition) is 1. The molecule has 1 heterocycles. The van der Waals surface area contributed by atoms with Crippen LogP contribution in [0.1, 0.15) is 16.8 Å². The molecule has 0 aliphatic carbocycles. The van der Waals surface area contributed by atoms with Crippen LogP contribution in [0, 0.1) is 0 Å². The molecule has 1 aliphatic heterocycles. The van der Waals surface area contributed by atoms with Gasteiger partial charge in [0.25, 0.3) is 0 Å². The van der Waals surface area contributed by atoms with Crippen molar-refractivity contribution in [3.05, 3.63) is 66.2 Å². The minimum Gasteiger partial charge on any atom is -0.492 e. The summed E-state index contributed by atoms with van der Waals surface area (Å²) in [7, 11) is 0. The largest absolute Gasteiger partial charge is 0.492 e. The molecule has 0 spiro atoms. The number of nitrogens with zero attached hydrogens (tertiary/aromatic N) is 2. The van der Waals surface area contributed by atoms with Crippen LogP contribution in [0.5, 0.6) is 5.75 Å². The molecule has 0 radical (unpaired) electrons. The average Bonchev–Trinajstić information content (AvgIpc) is 2.75. The van der Waals surface area contributed by atoms with Gasteiger partial charge in [-0.05, 0) is 12.1 Å². The maximum atomic E-state index is 14.6. The minimum atomic E-state index is -1.33. The fourth-order valence-electron chi connectivity index (χ4n) is 3.31. The summed E-state index contributed by atoms with van der Waals surface area (Å²) in [6.45, 7) is 3.99. The number of carbonyl (C=O) groups is 1. The monoisotopic (exact) mass is 386 g/mol. The van der Waals surface area contributed by atoms with Crippen LogP contribution in [0.3, 0.4) is 0 Å². The molecule has 3 rings (SSSR count). The first-order valence-electron chi connectivity index (χ1n) is 9.69. The van der Waals surface area contributed by atoms with Gasteiger partial charge in [0.05, 0.1) is 0 Å². The second-order valence-corrected chi connectivity index (χ2v) is 6.96. The Balaban J connectivity index is 1.37. The molecular formula is C22H27FN2O3. The fourth-order valence-corrected chi connectivity index (χ4v) is 3.31. The smallest absolute Gasteiger partial charge is 0.191 e. The van der Waals surface area contributed by atoms with Gasteiger partial charge in [-0.1, -0.05) is 48.5 Å². The molecule has 0 bridgehead atoms. The van der Waals surface area contributed by atoms with Crippen molar-refractivity contribution >= 4 is 5.78 Å². The van der Waals surface area contributed by atoms with E-state index in [-0.39, 0.29) is 6.42 Å². The molecule has 1 fully saturated rings. The highest BCUT2D eigenvalue weighted by molar-refractivity contribution is 5.99. The summed E-state index contributed by atoms with van der Waals surface area (Å²) < 4.78 is 20.3. The Morgan fingerprint density at radius 3 is 2.25 bits per heavy atom. The number of aliphatic hydroxyl groups excluding tert-OH is 1. The number of para-hydroxylation sites is 1. The van der Waals surface area contributed by atoms with Crippen LogP contribution < -0.4 is 4.74 Å². The number of aliphatic hydroxyl groups is 1. The molecule has 0 aromatic heterocycles. The second kappa shape index (κ2) is 10.3. The van der Waals surface area contributed by atoms with Crippen molar-refractivity contribution in [3.63, 3.8) is 0 Å². The molecule has 0 saturated carbocycles. The van der Waals surface area contributed by atoms with Crippen molar-refractivity contribution in [1.82, 2.24) is 9.80 Å². The molecule has 2 unspecified atom stereocenters. The van der Waals surface area contributed by atoms with Crippen molar-refractivity contribution in [1.29, 1.82) is 0 Å². The van der Waals surface area contributed by atoms with Crippen molar-refractivity contribution in [2.24, 2.45) is 0 Å². The zero-order valence-electron chi connectivity index (χ0n) is 15.9. The van der Waals surface area contributed by atoms with Crippen LogP contribution in [0.4, 0.5) is 4.39 Å². The highest BCUT2D eigenvalue weighted by Gasteiger charge is 2.28. The molecule has 2 aromatic carbocycles. The van der Waals surface area contributed by atoms with E-state index in [0.717, 1.165) is 25.4 Å². The first-order chi connectivity index (χ1) is 13.6. The minimum absolute atomic E-state index is 0.204. The average molecular weight is 386 g/mol. The van der Waals surface area contributed by atoms with E-state index in [1.165, 1.54) is 0 Å². The summed E-state index contributed by atoms with van der Waals surface area (Å²) in [5.74, 6) is 0.418. The summed E-state index contributed by atoms with van der Waals surface area (Å²) in [4.78, 5) is 16.1. The van der Waals surface area contributed by atoms with Gasteiger partial charge in [0.1, 0.15) is 18.5 Å². The van der Waals surface area contributed by atoms with Gasteiger partial charge in [0.2, 0.25) is 0 Å². The zero-order valence-corrected chi connectivity index (χ0v) is 15.9. The Bertz CT molecular complexity index is 721. The summed E-state index contributed by atoms with van der Waals surface area (Å²) >= 11 is 0. The van der Waals surface area contributed by atoms with Gasteiger partial charge in [-0.3, -0.25) is 14.6 Å². The zero-order chi connectivity index (χ0) is 19.8. The summed E-state index contributed by atoms with van der Waals surface area (Å²) in [6, 6.07) is 18.2. The van der Waals surface area contributed by atoms with Crippen molar-refractivity contribution in [3.8, 4) is 5.75 Å². The van der Waals surface area contributed by atoms with E-state index in [4.69, 9.17) is 4.74 Å². The molecule has 5 nitrogen and oxygen atoms in total. The Hall–Kier alpha value is -2.28. The number of Topliss-reactive ketones (excluding diaryl/α,β-unsaturated/α-hetero) is 1. The lowest BCUT2D eigenvalue weighted by Gasteiger charge is -2.36. The first kappa shape index (κ1) is 20.5. The highest BCUT2D eigenvalue weighted by Crippen LogP contribution is 2.15. The predicted octanol–water partition coefficient (Wildman–Crippen LogP) is 2.61. The molecule has 0 amide bonds. The number of halogens is 1. The molecule has 1 N–H and O–H groups in total. The van der Waals surface area contributed by atoms with E-state index in [1.54, 1.807) is 35.2 Å². The molecule has 6 heteroatoms. The standard InChI is InChI=1S/C22H27FN2O3/c23-21(17-20(26)22(27)18-7-3-1-4-8-18)25-13-11-24(12-14-25)15-16-28-19-9-5-2-6-10-19/h1-10,20-21,26H,11-17H2. The normalized spacial score (nSPS) is 17.8. The molecule has 1 saturated heterocycles. The van der Waals surface area contributed by atoms with Crippen LogP contribution in [0.25, 0.3) is 0 Å². The van der Waals surface area contributed by atoms with Crippen molar-refractivity contribution in [2.45, 2.75) is 18.8 Å². The fraction of sp³-hybridized carbons (Fsp3) is 0.409. The highest BCUT2D eigenvalue weighted by atomic mass is 19.1. The third-order valence-electron chi connectivity index (χ3n) is 5.00. The van der Waals surface area contributed by atoms with Crippen LogP contribution in [0.2, 0.25) is 0 Å². The van der Waals surface area contributed by atoms with E-state index in [1.807, 2.05) is 30.3 Å². The number of hydrogen-bond acceptors (Lipinski definition) is 5. The van der Waals surface area contributed by atoms with Gasteiger partial charge < -0.3 is 9.84 Å². The van der Waals surface area contributed by atoms with Gasteiger partial charge in [0, 0.05) is 44.7 Å². The van der Waals surface area contributed by atoms with E-state index in [2.05, 4.69) is 4.90 Å². The number of ketones is 1. The molecular weight excluding hydrogens is 359 g/mol. The quantitative estimate of drug-likeness (QED) is 0.530. The van der Waals surface area contributed by atoms with Crippen LogP contribution in [0.15, 0.2) is 60.7 Å². The van der Waals surface area contributed by atoms with E-state index >= 15 is 0 Å². The SMILES string of the molecule is O=C(c1ccccc1)C(O)CC(F)N1CCN(CCOc2ccccc2)CC1. The Morgan fingerprint density at radius 2 is 1.61 bits per heavy atom. The second-order valence-electron chi connectivity index (χ2n) is 6.96. The third-order valence-corrected chi connectivity index (χ3v) is 5.00. The van der Waals surface area contributed by atoms with E-state index < -0.39 is 18.2 Å². The van der Waals surface area contributed by atoms with Gasteiger partial charge >= 0.3 is 0 Å². The van der Waals surface area contributed by atoms with Gasteiger partial charge in [0.15, 0.2) is 12.1 Å². The number of ether oxygens (including phenoxy) is 1. The van der Waals surface area contributed by atoms with Crippen LogP contribution >= 0.6 is 0 Å². The summed E-state index contributed by atoms with van der Waals surface area (Å²) in [6.07, 6.45) is -2.86. The van der Waals surface area contributed by atoms with Gasteiger partial charge in [-0.2, -0.15) is 0 Å². The third kappa shape index (κ3) is 5.86. The number of benzene rings is 2. The lowest BCUT2D eigenvalue weighted by Crippen LogP contribution is -2.50. The maximum Gasteiger partial charge on any atom is 0.191 e. The van der Waals surface area contributed by atoms with Crippen molar-refractivity contribution < 1.29 is 19.0 Å². The van der Waals surface area contributed by atoms with Crippen molar-refractivity contribution in [2.75, 3.05) is 39.3 Å². The lowest BCUT2D eigenvalue weighted by atomic mass is 10.0. The molecule has 2 aromatic rings. The predicted molar refractivity (Wildman–Crippen MR) is 106 cm³/mol. The Kier molecular flexibility index (Phi) is 7.54. The van der Waals surface area contributed by atoms with Crippen LogP contribution in [-0.2, 0) is 0 Å². The summed E-state index contributed by atoms with van der Waals surface area (Å²) in [5, 5.41) is 10.1. The number of alkyl halides is 1. The maximum absolute atomic E-state index is 14.6. The molecule has 1 aliphatic rings. The van der Waals surface area contributed by atoms with Gasteiger partial charge in [-0.15, -0.1) is 0 Å².